The molecule has 0 atom stereocenters. The summed E-state index contributed by atoms with van der Waals surface area (Å²) in [6.07, 6.45) is 4.16. The van der Waals surface area contributed by atoms with Gasteiger partial charge in [-0.2, -0.15) is 0 Å². The van der Waals surface area contributed by atoms with Crippen LogP contribution in [0.2, 0.25) is 0 Å². The molecule has 2 aliphatic heterocycles. The first-order valence-electron chi connectivity index (χ1n) is 14.0. The Morgan fingerprint density at radius 1 is 1.19 bits per heavy atom. The monoisotopic (exact) mass is 622 g/mol. The zero-order chi connectivity index (χ0) is 29.5. The maximum absolute atomic E-state index is 12.7. The van der Waals surface area contributed by atoms with Crippen LogP contribution in [0.4, 0.5) is 0 Å². The third-order valence-corrected chi connectivity index (χ3v) is 10.3. The Hall–Kier alpha value is -3.17. The lowest BCUT2D eigenvalue weighted by Crippen LogP contribution is -2.40. The Kier molecular flexibility index (Phi) is 10.0. The number of carbonyl (C=O) groups is 1. The van der Waals surface area contributed by atoms with E-state index in [2.05, 4.69) is 34.5 Å². The summed E-state index contributed by atoms with van der Waals surface area (Å²) in [5, 5.41) is 8.01. The number of likely N-dealkylation sites (tertiary alicyclic amines) is 1. The minimum absolute atomic E-state index is 0.183. The number of thiol groups is 1. The van der Waals surface area contributed by atoms with Gasteiger partial charge in [0.25, 0.3) is 0 Å². The van der Waals surface area contributed by atoms with Gasteiger partial charge in [0, 0.05) is 48.4 Å². The van der Waals surface area contributed by atoms with Gasteiger partial charge in [-0.1, -0.05) is 35.2 Å². The van der Waals surface area contributed by atoms with Crippen molar-refractivity contribution in [2.45, 2.75) is 26.2 Å². The Labute approximate surface area is 256 Å². The normalized spacial score (nSPS) is 18.2. The van der Waals surface area contributed by atoms with E-state index in [9.17, 15) is 13.2 Å². The zero-order valence-corrected chi connectivity index (χ0v) is 26.1. The molecule has 0 N–H and O–H groups in total. The van der Waals surface area contributed by atoms with E-state index >= 15 is 0 Å². The number of thiophene rings is 1. The van der Waals surface area contributed by atoms with E-state index in [4.69, 9.17) is 9.52 Å². The van der Waals surface area contributed by atoms with Crippen molar-refractivity contribution in [2.75, 3.05) is 44.2 Å². The largest absolute Gasteiger partial charge is 0.360 e. The molecule has 8 nitrogen and oxygen atoms in total. The summed E-state index contributed by atoms with van der Waals surface area (Å²) in [4.78, 5) is 22.6. The number of carbonyl (C=O) groups excluding carboxylic acids is 1. The van der Waals surface area contributed by atoms with Gasteiger partial charge in [0.15, 0.2) is 9.84 Å². The minimum Gasteiger partial charge on any atom is -0.360 e. The molecule has 4 heterocycles. The fraction of sp³-hybridized carbons (Fsp3) is 0.387. The van der Waals surface area contributed by atoms with Crippen LogP contribution in [-0.4, -0.2) is 79.7 Å². The summed E-state index contributed by atoms with van der Waals surface area (Å²) >= 11 is 6.07. The molecule has 0 bridgehead atoms. The fourth-order valence-corrected chi connectivity index (χ4v) is 7.27. The highest BCUT2D eigenvalue weighted by Crippen LogP contribution is 2.33. The lowest BCUT2D eigenvalue weighted by Gasteiger charge is -2.30. The minimum atomic E-state index is -2.90. The van der Waals surface area contributed by atoms with Crippen molar-refractivity contribution in [3.8, 4) is 23.1 Å². The predicted molar refractivity (Wildman–Crippen MR) is 171 cm³/mol. The van der Waals surface area contributed by atoms with E-state index in [1.807, 2.05) is 59.8 Å². The van der Waals surface area contributed by atoms with Gasteiger partial charge in [0.05, 0.1) is 35.7 Å². The van der Waals surface area contributed by atoms with E-state index in [0.29, 0.717) is 43.2 Å². The number of rotatable bonds is 7. The van der Waals surface area contributed by atoms with Crippen LogP contribution in [0.1, 0.15) is 34.6 Å². The highest BCUT2D eigenvalue weighted by Gasteiger charge is 2.24. The first kappa shape index (κ1) is 30.3. The number of hydrogen-bond donors (Lipinski definition) is 1. The maximum atomic E-state index is 12.7. The molecule has 0 unspecified atom stereocenters. The van der Waals surface area contributed by atoms with Crippen LogP contribution in [0.3, 0.4) is 0 Å². The fourth-order valence-electron chi connectivity index (χ4n) is 5.10. The third kappa shape index (κ3) is 7.81. The average molecular weight is 623 g/mol. The molecule has 1 aromatic carbocycles. The van der Waals surface area contributed by atoms with Crippen LogP contribution >= 0.6 is 24.0 Å². The molecule has 1 amide bonds. The van der Waals surface area contributed by atoms with Crippen LogP contribution < -0.4 is 0 Å². The first-order chi connectivity index (χ1) is 20.3. The standard InChI is InChI=1S/C31H34N4O4S3/c1-23-30(28(22-40)32-21-25-9-12-35(13-10-25)29(36)20-27-8-4-16-41-27)31(33-39-23)26-7-2-5-24(19-26)6-3-11-34-14-17-42(37,38)18-15-34/h2,4-5,7-8,16,19,21-22,25,40H,9-15,17-18,20H2,1H3/b28-22-,32-21?. The summed E-state index contributed by atoms with van der Waals surface area (Å²) < 4.78 is 28.9. The second kappa shape index (κ2) is 13.9. The molecule has 2 saturated heterocycles. The molecule has 2 aromatic heterocycles. The molecular weight excluding hydrogens is 589 g/mol. The quantitative estimate of drug-likeness (QED) is 0.236. The molecule has 0 radical (unpaired) electrons. The molecule has 42 heavy (non-hydrogen) atoms. The Morgan fingerprint density at radius 2 is 1.98 bits per heavy atom. The second-order valence-electron chi connectivity index (χ2n) is 10.5. The summed E-state index contributed by atoms with van der Waals surface area (Å²) in [6.45, 7) is 4.87. The number of aliphatic imine (C=N–C) groups is 1. The van der Waals surface area contributed by atoms with Crippen molar-refractivity contribution in [1.82, 2.24) is 15.0 Å². The molecular formula is C31H34N4O4S3. The van der Waals surface area contributed by atoms with E-state index < -0.39 is 9.84 Å². The van der Waals surface area contributed by atoms with E-state index in [1.54, 1.807) is 16.7 Å². The third-order valence-electron chi connectivity index (χ3n) is 7.57. The number of piperidine rings is 1. The van der Waals surface area contributed by atoms with Gasteiger partial charge in [-0.05, 0) is 54.7 Å². The number of sulfone groups is 1. The van der Waals surface area contributed by atoms with E-state index in [1.165, 1.54) is 0 Å². The topological polar surface area (TPSA) is 96.1 Å². The molecule has 0 spiro atoms. The molecule has 0 aliphatic carbocycles. The van der Waals surface area contributed by atoms with Crippen molar-refractivity contribution in [2.24, 2.45) is 10.9 Å². The van der Waals surface area contributed by atoms with Crippen molar-refractivity contribution < 1.29 is 17.7 Å². The number of amides is 1. The van der Waals surface area contributed by atoms with Gasteiger partial charge in [0.2, 0.25) is 5.91 Å². The van der Waals surface area contributed by atoms with Gasteiger partial charge in [-0.25, -0.2) is 8.42 Å². The molecule has 2 fully saturated rings. The van der Waals surface area contributed by atoms with Crippen LogP contribution in [-0.2, 0) is 21.1 Å². The molecule has 2 aliphatic rings. The zero-order valence-electron chi connectivity index (χ0n) is 23.5. The van der Waals surface area contributed by atoms with Gasteiger partial charge in [-0.3, -0.25) is 14.7 Å². The second-order valence-corrected chi connectivity index (χ2v) is 14.1. The number of nitrogens with zero attached hydrogens (tertiary/aromatic N) is 4. The van der Waals surface area contributed by atoms with Crippen molar-refractivity contribution in [1.29, 1.82) is 0 Å². The number of benzene rings is 1. The predicted octanol–water partition coefficient (Wildman–Crippen LogP) is 4.57. The van der Waals surface area contributed by atoms with Gasteiger partial charge in [0.1, 0.15) is 11.5 Å². The molecule has 3 aromatic rings. The smallest absolute Gasteiger partial charge is 0.227 e. The van der Waals surface area contributed by atoms with Crippen LogP contribution in [0.15, 0.2) is 56.7 Å². The molecule has 220 valence electrons. The van der Waals surface area contributed by atoms with Crippen molar-refractivity contribution in [3.05, 3.63) is 69.0 Å². The van der Waals surface area contributed by atoms with Gasteiger partial charge in [-0.15, -0.1) is 24.0 Å². The SMILES string of the molecule is Cc1onc(-c2cccc(C#CCN3CCS(=O)(=O)CC3)c2)c1/C(=C/S)N=CC1CCN(C(=O)Cc2cccs2)CC1. The van der Waals surface area contributed by atoms with Crippen LogP contribution in [0.5, 0.6) is 0 Å². The Balaban J connectivity index is 1.22. The number of hydrogen-bond acceptors (Lipinski definition) is 9. The summed E-state index contributed by atoms with van der Waals surface area (Å²) in [5.41, 5.74) is 3.82. The lowest BCUT2D eigenvalue weighted by atomic mass is 9.97. The molecule has 0 saturated carbocycles. The van der Waals surface area contributed by atoms with Crippen molar-refractivity contribution in [3.63, 3.8) is 0 Å². The number of aryl methyl sites for hydroxylation is 1. The van der Waals surface area contributed by atoms with Gasteiger partial charge < -0.3 is 9.42 Å². The maximum Gasteiger partial charge on any atom is 0.227 e. The van der Waals surface area contributed by atoms with E-state index in [0.717, 1.165) is 47.5 Å². The van der Waals surface area contributed by atoms with Crippen LogP contribution in [0, 0.1) is 24.7 Å². The Bertz CT molecular complexity index is 1610. The average Bonchev–Trinajstić information content (AvgIpc) is 3.64. The number of aromatic nitrogens is 1. The van der Waals surface area contributed by atoms with Gasteiger partial charge >= 0.3 is 0 Å². The summed E-state index contributed by atoms with van der Waals surface area (Å²) in [7, 11) is -2.90. The van der Waals surface area contributed by atoms with Crippen molar-refractivity contribution >= 4 is 51.6 Å². The highest BCUT2D eigenvalue weighted by atomic mass is 32.2. The van der Waals surface area contributed by atoms with E-state index in [-0.39, 0.29) is 23.3 Å². The van der Waals surface area contributed by atoms with Crippen LogP contribution in [0.25, 0.3) is 17.0 Å². The molecule has 11 heteroatoms. The lowest BCUT2D eigenvalue weighted by molar-refractivity contribution is -0.131. The summed E-state index contributed by atoms with van der Waals surface area (Å²) in [5.74, 6) is 7.85. The molecule has 5 rings (SSSR count). The first-order valence-corrected chi connectivity index (χ1v) is 17.2. The Morgan fingerprint density at radius 3 is 2.69 bits per heavy atom. The highest BCUT2D eigenvalue weighted by molar-refractivity contribution is 7.91. The summed E-state index contributed by atoms with van der Waals surface area (Å²) in [6, 6.07) is 11.8.